The minimum absolute atomic E-state index is 0.220. The molecule has 1 atom stereocenters. The highest BCUT2D eigenvalue weighted by molar-refractivity contribution is 5.99. The summed E-state index contributed by atoms with van der Waals surface area (Å²) in [6, 6.07) is 4.89. The van der Waals surface area contributed by atoms with Gasteiger partial charge in [0.05, 0.1) is 13.7 Å². The van der Waals surface area contributed by atoms with E-state index in [1.165, 1.54) is 14.2 Å². The third-order valence-electron chi connectivity index (χ3n) is 4.17. The molecular formula is C17H23NO5. The lowest BCUT2D eigenvalue weighted by molar-refractivity contribution is -0.138. The maximum atomic E-state index is 12.5. The fraction of sp³-hybridized carbons (Fsp3) is 0.529. The molecule has 2 rings (SSSR count). The van der Waals surface area contributed by atoms with E-state index >= 15 is 0 Å². The van der Waals surface area contributed by atoms with Gasteiger partial charge in [0, 0.05) is 12.8 Å². The van der Waals surface area contributed by atoms with Crippen molar-refractivity contribution in [3.05, 3.63) is 23.8 Å². The molecule has 0 aliphatic heterocycles. The zero-order valence-electron chi connectivity index (χ0n) is 14.0. The fourth-order valence-electron chi connectivity index (χ4n) is 2.49. The number of carbonyl (C=O) groups is 2. The van der Waals surface area contributed by atoms with Crippen LogP contribution in [0.3, 0.4) is 0 Å². The molecule has 0 bridgehead atoms. The normalized spacial score (nSPS) is 16.3. The van der Waals surface area contributed by atoms with Crippen LogP contribution < -0.4 is 10.1 Å². The van der Waals surface area contributed by atoms with Crippen LogP contribution in [0.5, 0.6) is 5.75 Å². The van der Waals surface area contributed by atoms with Gasteiger partial charge in [0.1, 0.15) is 16.9 Å². The van der Waals surface area contributed by atoms with E-state index in [1.54, 1.807) is 25.1 Å². The summed E-state index contributed by atoms with van der Waals surface area (Å²) >= 11 is 0. The molecule has 6 heteroatoms. The van der Waals surface area contributed by atoms with Gasteiger partial charge in [-0.05, 0) is 50.8 Å². The van der Waals surface area contributed by atoms with Crippen molar-refractivity contribution < 1.29 is 23.8 Å². The monoisotopic (exact) mass is 321 g/mol. The lowest BCUT2D eigenvalue weighted by atomic mass is 9.99. The maximum Gasteiger partial charge on any atom is 0.341 e. The van der Waals surface area contributed by atoms with Crippen LogP contribution in [0, 0.1) is 5.92 Å². The molecule has 0 unspecified atom stereocenters. The Hall–Kier alpha value is -2.08. The standard InChI is InChI=1S/C17H23NO5/c1-5-23-14-9-8-12(10-13(14)15(19)21-3)18-16(20)17(2,22-4)11-6-7-11/h8-11H,5-7H2,1-4H3,(H,18,20)/t17-/m0/s1. The Morgan fingerprint density at radius 1 is 1.30 bits per heavy atom. The smallest absolute Gasteiger partial charge is 0.341 e. The predicted octanol–water partition coefficient (Wildman–Crippen LogP) is 2.63. The highest BCUT2D eigenvalue weighted by atomic mass is 16.5. The summed E-state index contributed by atoms with van der Waals surface area (Å²) in [6.45, 7) is 4.05. The van der Waals surface area contributed by atoms with Crippen LogP contribution in [0.1, 0.15) is 37.0 Å². The van der Waals surface area contributed by atoms with Crippen molar-refractivity contribution in [3.8, 4) is 5.75 Å². The minimum atomic E-state index is -0.857. The van der Waals surface area contributed by atoms with E-state index < -0.39 is 11.6 Å². The van der Waals surface area contributed by atoms with Crippen molar-refractivity contribution in [1.29, 1.82) is 0 Å². The molecule has 6 nitrogen and oxygen atoms in total. The Kier molecular flexibility index (Phi) is 5.26. The van der Waals surface area contributed by atoms with E-state index in [9.17, 15) is 9.59 Å². The first-order chi connectivity index (χ1) is 11.0. The number of carbonyl (C=O) groups excluding carboxylic acids is 2. The summed E-state index contributed by atoms with van der Waals surface area (Å²) in [6.07, 6.45) is 1.96. The molecule has 23 heavy (non-hydrogen) atoms. The summed E-state index contributed by atoms with van der Waals surface area (Å²) in [5.41, 5.74) is -0.0789. The predicted molar refractivity (Wildman–Crippen MR) is 85.7 cm³/mol. The molecule has 0 saturated heterocycles. The van der Waals surface area contributed by atoms with Crippen LogP contribution in [0.4, 0.5) is 5.69 Å². The van der Waals surface area contributed by atoms with Gasteiger partial charge >= 0.3 is 5.97 Å². The van der Waals surface area contributed by atoms with Crippen LogP contribution in [0.25, 0.3) is 0 Å². The van der Waals surface area contributed by atoms with E-state index in [4.69, 9.17) is 14.2 Å². The Morgan fingerprint density at radius 2 is 2.00 bits per heavy atom. The van der Waals surface area contributed by atoms with E-state index in [0.717, 1.165) is 12.8 Å². The molecule has 1 aromatic carbocycles. The number of hydrogen-bond donors (Lipinski definition) is 1. The Bertz CT molecular complexity index is 597. The Balaban J connectivity index is 2.22. The number of ether oxygens (including phenoxy) is 3. The van der Waals surface area contributed by atoms with Gasteiger partial charge in [0.25, 0.3) is 5.91 Å². The molecule has 1 amide bonds. The van der Waals surface area contributed by atoms with Crippen molar-refractivity contribution in [2.75, 3.05) is 26.1 Å². The molecule has 0 spiro atoms. The summed E-state index contributed by atoms with van der Waals surface area (Å²) in [5, 5.41) is 2.82. The molecule has 0 radical (unpaired) electrons. The molecular weight excluding hydrogens is 298 g/mol. The van der Waals surface area contributed by atoms with E-state index in [2.05, 4.69) is 5.32 Å². The van der Waals surface area contributed by atoms with E-state index in [-0.39, 0.29) is 17.4 Å². The lowest BCUT2D eigenvalue weighted by Gasteiger charge is -2.26. The summed E-state index contributed by atoms with van der Waals surface area (Å²) < 4.78 is 15.6. The molecule has 0 aromatic heterocycles. The minimum Gasteiger partial charge on any atom is -0.493 e. The second-order valence-electron chi connectivity index (χ2n) is 5.68. The van der Waals surface area contributed by atoms with E-state index in [0.29, 0.717) is 18.0 Å². The van der Waals surface area contributed by atoms with Crippen molar-refractivity contribution in [2.45, 2.75) is 32.3 Å². The number of benzene rings is 1. The van der Waals surface area contributed by atoms with Gasteiger partial charge in [-0.2, -0.15) is 0 Å². The van der Waals surface area contributed by atoms with Crippen molar-refractivity contribution in [2.24, 2.45) is 5.92 Å². The van der Waals surface area contributed by atoms with Gasteiger partial charge in [-0.3, -0.25) is 4.79 Å². The molecule has 0 heterocycles. The Labute approximate surface area is 136 Å². The number of methoxy groups -OCH3 is 2. The first kappa shape index (κ1) is 17.3. The van der Waals surface area contributed by atoms with Gasteiger partial charge in [-0.15, -0.1) is 0 Å². The highest BCUT2D eigenvalue weighted by Gasteiger charge is 2.47. The largest absolute Gasteiger partial charge is 0.493 e. The maximum absolute atomic E-state index is 12.5. The summed E-state index contributed by atoms with van der Waals surface area (Å²) in [7, 11) is 2.84. The number of esters is 1. The van der Waals surface area contributed by atoms with Gasteiger partial charge < -0.3 is 19.5 Å². The van der Waals surface area contributed by atoms with Crippen LogP contribution in [-0.2, 0) is 14.3 Å². The van der Waals surface area contributed by atoms with Crippen LogP contribution >= 0.6 is 0 Å². The van der Waals surface area contributed by atoms with Crippen LogP contribution in [0.15, 0.2) is 18.2 Å². The number of nitrogens with one attached hydrogen (secondary N) is 1. The lowest BCUT2D eigenvalue weighted by Crippen LogP contribution is -2.44. The molecule has 1 fully saturated rings. The average Bonchev–Trinajstić information content (AvgIpc) is 3.40. The second-order valence-corrected chi connectivity index (χ2v) is 5.68. The molecule has 1 saturated carbocycles. The fourth-order valence-corrected chi connectivity index (χ4v) is 2.49. The molecule has 1 aliphatic rings. The second kappa shape index (κ2) is 7.00. The number of anilines is 1. The van der Waals surface area contributed by atoms with Crippen molar-refractivity contribution in [3.63, 3.8) is 0 Å². The van der Waals surface area contributed by atoms with Crippen molar-refractivity contribution in [1.82, 2.24) is 0 Å². The SMILES string of the molecule is CCOc1ccc(NC(=O)[C@@](C)(OC)C2CC2)cc1C(=O)OC. The zero-order valence-corrected chi connectivity index (χ0v) is 14.0. The molecule has 1 N–H and O–H groups in total. The average molecular weight is 321 g/mol. The van der Waals surface area contributed by atoms with Gasteiger partial charge in [0.2, 0.25) is 0 Å². The van der Waals surface area contributed by atoms with E-state index in [1.807, 2.05) is 6.92 Å². The molecule has 1 aliphatic carbocycles. The zero-order chi connectivity index (χ0) is 17.0. The number of rotatable bonds is 7. The third-order valence-corrected chi connectivity index (χ3v) is 4.17. The first-order valence-corrected chi connectivity index (χ1v) is 7.68. The molecule has 1 aromatic rings. The Morgan fingerprint density at radius 3 is 2.52 bits per heavy atom. The number of amides is 1. The highest BCUT2D eigenvalue weighted by Crippen LogP contribution is 2.42. The quantitative estimate of drug-likeness (QED) is 0.782. The van der Waals surface area contributed by atoms with Crippen LogP contribution in [-0.4, -0.2) is 38.3 Å². The first-order valence-electron chi connectivity index (χ1n) is 7.68. The van der Waals surface area contributed by atoms with Crippen molar-refractivity contribution >= 4 is 17.6 Å². The number of hydrogen-bond acceptors (Lipinski definition) is 5. The third kappa shape index (κ3) is 3.64. The van der Waals surface area contributed by atoms with Gasteiger partial charge in [0.15, 0.2) is 0 Å². The summed E-state index contributed by atoms with van der Waals surface area (Å²) in [4.78, 5) is 24.4. The summed E-state index contributed by atoms with van der Waals surface area (Å²) in [5.74, 6) is -0.0759. The van der Waals surface area contributed by atoms with Gasteiger partial charge in [-0.1, -0.05) is 0 Å². The molecule has 126 valence electrons. The van der Waals surface area contributed by atoms with Gasteiger partial charge in [-0.25, -0.2) is 4.79 Å². The van der Waals surface area contributed by atoms with Crippen LogP contribution in [0.2, 0.25) is 0 Å². The topological polar surface area (TPSA) is 73.9 Å².